The molecule has 123 heavy (non-hydrogen) atoms. The van der Waals surface area contributed by atoms with Gasteiger partial charge in [0.25, 0.3) is 0 Å². The Kier molecular flexibility index (Phi) is 17.0. The SMILES string of the molecule is c1ccc(-c2c3ccccc3c(-c3cc4ccccc4c4oc5ccccc5c34)c3ccccc23)cc1.c1ccc(-c2c3ccccc3c(-c3cccc4oc5c(-c6cccc7ccccc67)cccc5c34)c3ccccc23)cc1.c1ccc(-c2ccccc2-c2c3ccccc3c(-c3cc4ccccc4c4oc5ccccc5c34)c3ccccc23)cc1. The highest BCUT2D eigenvalue weighted by atomic mass is 16.3. The summed E-state index contributed by atoms with van der Waals surface area (Å²) in [6.45, 7) is 0. The van der Waals surface area contributed by atoms with E-state index in [4.69, 9.17) is 13.3 Å². The molecule has 0 amide bonds. The zero-order chi connectivity index (χ0) is 81.0. The number of furan rings is 3. The van der Waals surface area contributed by atoms with Crippen molar-refractivity contribution in [2.24, 2.45) is 0 Å². The van der Waals surface area contributed by atoms with E-state index < -0.39 is 0 Å². The maximum absolute atomic E-state index is 6.77. The summed E-state index contributed by atoms with van der Waals surface area (Å²) in [6, 6.07) is 161. The lowest BCUT2D eigenvalue weighted by atomic mass is 9.82. The van der Waals surface area contributed by atoms with Crippen LogP contribution in [0.5, 0.6) is 0 Å². The Morgan fingerprint density at radius 3 is 0.837 bits per heavy atom. The molecule has 0 unspecified atom stereocenters. The van der Waals surface area contributed by atoms with E-state index in [2.05, 4.69) is 443 Å². The molecule has 0 aliphatic rings. The van der Waals surface area contributed by atoms with Crippen molar-refractivity contribution < 1.29 is 13.3 Å². The van der Waals surface area contributed by atoms with Crippen LogP contribution < -0.4 is 0 Å². The monoisotopic (exact) mass is 1560 g/mol. The smallest absolute Gasteiger partial charge is 0.143 e. The molecule has 572 valence electrons. The molecule has 0 aliphatic carbocycles. The number of hydrogen-bond donors (Lipinski definition) is 0. The van der Waals surface area contributed by atoms with Crippen molar-refractivity contribution in [1.82, 2.24) is 0 Å². The van der Waals surface area contributed by atoms with Gasteiger partial charge >= 0.3 is 0 Å². The Hall–Kier alpha value is -16.2. The van der Waals surface area contributed by atoms with Crippen molar-refractivity contribution in [3.63, 3.8) is 0 Å². The summed E-state index contributed by atoms with van der Waals surface area (Å²) in [5, 5.41) is 29.0. The van der Waals surface area contributed by atoms with Crippen LogP contribution in [-0.4, -0.2) is 0 Å². The fourth-order valence-corrected chi connectivity index (χ4v) is 20.2. The average molecular weight is 1560 g/mol. The number of hydrogen-bond acceptors (Lipinski definition) is 3. The van der Waals surface area contributed by atoms with Gasteiger partial charge in [-0.15, -0.1) is 0 Å². The van der Waals surface area contributed by atoms with Crippen LogP contribution in [-0.2, 0) is 0 Å². The van der Waals surface area contributed by atoms with Crippen LogP contribution >= 0.6 is 0 Å². The van der Waals surface area contributed by atoms with E-state index in [-0.39, 0.29) is 0 Å². The molecular formula is C120H74O3. The zero-order valence-electron chi connectivity index (χ0n) is 66.9. The number of fused-ring (bicyclic) bond motifs is 20. The van der Waals surface area contributed by atoms with E-state index in [1.807, 2.05) is 6.07 Å². The van der Waals surface area contributed by atoms with Gasteiger partial charge in [-0.25, -0.2) is 0 Å². The first-order chi connectivity index (χ1) is 61.1. The van der Waals surface area contributed by atoms with Crippen LogP contribution in [0, 0.1) is 0 Å². The molecular weight excluding hydrogens is 1490 g/mol. The third kappa shape index (κ3) is 11.6. The highest BCUT2D eigenvalue weighted by Gasteiger charge is 2.27. The Balaban J connectivity index is 0.000000104. The predicted molar refractivity (Wildman–Crippen MR) is 522 cm³/mol. The van der Waals surface area contributed by atoms with E-state index in [1.165, 1.54) is 180 Å². The summed E-state index contributed by atoms with van der Waals surface area (Å²) in [7, 11) is 0. The maximum atomic E-state index is 6.77. The summed E-state index contributed by atoms with van der Waals surface area (Å²) in [4.78, 5) is 0. The molecule has 0 spiro atoms. The van der Waals surface area contributed by atoms with Gasteiger partial charge in [0.1, 0.15) is 33.5 Å². The molecule has 3 nitrogen and oxygen atoms in total. The lowest BCUT2D eigenvalue weighted by molar-refractivity contribution is 0.670. The number of benzene rings is 23. The van der Waals surface area contributed by atoms with Crippen molar-refractivity contribution in [2.75, 3.05) is 0 Å². The summed E-state index contributed by atoms with van der Waals surface area (Å²) >= 11 is 0. The molecule has 0 saturated heterocycles. The Bertz CT molecular complexity index is 8570. The highest BCUT2D eigenvalue weighted by Crippen LogP contribution is 2.54. The summed E-state index contributed by atoms with van der Waals surface area (Å²) in [5.41, 5.74) is 25.2. The molecule has 0 radical (unpaired) electrons. The molecule has 0 bridgehead atoms. The Labute approximate surface area is 709 Å². The predicted octanol–water partition coefficient (Wildman–Crippen LogP) is 34.5. The van der Waals surface area contributed by atoms with Crippen molar-refractivity contribution in [3.05, 3.63) is 449 Å². The van der Waals surface area contributed by atoms with Crippen molar-refractivity contribution in [3.8, 4) is 89.0 Å². The van der Waals surface area contributed by atoms with E-state index in [1.54, 1.807) is 0 Å². The first-order valence-electron chi connectivity index (χ1n) is 42.3. The molecule has 0 atom stereocenters. The summed E-state index contributed by atoms with van der Waals surface area (Å²) < 4.78 is 19.9. The van der Waals surface area contributed by atoms with Crippen molar-refractivity contribution >= 4 is 163 Å². The van der Waals surface area contributed by atoms with Crippen molar-refractivity contribution in [1.29, 1.82) is 0 Å². The molecule has 3 heteroatoms. The van der Waals surface area contributed by atoms with Gasteiger partial charge in [-0.1, -0.05) is 419 Å². The summed E-state index contributed by atoms with van der Waals surface area (Å²) in [5.74, 6) is 0. The fourth-order valence-electron chi connectivity index (χ4n) is 20.2. The first kappa shape index (κ1) is 71.0. The van der Waals surface area contributed by atoms with E-state index in [0.717, 1.165) is 71.4 Å². The maximum Gasteiger partial charge on any atom is 0.143 e. The number of rotatable bonds is 8. The standard InChI is InChI=1S/2C42H26O.C36H22O/c1-2-14-28(15-3-1)39-31-18-6-8-20-33(31)40(34-21-9-7-19-32(34)39)36-24-12-26-38-41(36)37-25-11-23-35(42(37)43-38)30-22-10-16-27-13-4-5-17-29(27)30;1-2-14-27(15-3-1)29-17-6-7-19-31(29)39-32-20-8-10-22-34(32)40(35-23-11-9-21-33(35)39)37-26-28-16-4-5-18-30(28)42-41(37)36-24-12-13-25-38(36)43-42;1-2-12-23(13-3-1)33-26-16-6-8-18-28(26)34(29-19-9-7-17-27(29)33)31-22-24-14-4-5-15-25(24)36-35(31)30-20-10-11-21-32(30)37-36/h2*1-26H;1-22H. The third-order valence-corrected chi connectivity index (χ3v) is 25.4. The summed E-state index contributed by atoms with van der Waals surface area (Å²) in [6.07, 6.45) is 0. The molecule has 26 aromatic rings. The second-order valence-electron chi connectivity index (χ2n) is 32.1. The molecule has 0 saturated carbocycles. The molecule has 23 aromatic carbocycles. The molecule has 26 rings (SSSR count). The molecule has 3 heterocycles. The molecule has 3 aromatic heterocycles. The third-order valence-electron chi connectivity index (χ3n) is 25.4. The topological polar surface area (TPSA) is 39.4 Å². The van der Waals surface area contributed by atoms with Gasteiger partial charge in [0.05, 0.1) is 0 Å². The van der Waals surface area contributed by atoms with Gasteiger partial charge < -0.3 is 13.3 Å². The van der Waals surface area contributed by atoms with E-state index in [0.29, 0.717) is 0 Å². The van der Waals surface area contributed by atoms with Gasteiger partial charge in [0.2, 0.25) is 0 Å². The fraction of sp³-hybridized carbons (Fsp3) is 0. The van der Waals surface area contributed by atoms with Gasteiger partial charge in [-0.2, -0.15) is 0 Å². The van der Waals surface area contributed by atoms with Crippen LogP contribution in [0.1, 0.15) is 0 Å². The minimum atomic E-state index is 0.903. The lowest BCUT2D eigenvalue weighted by Gasteiger charge is -2.20. The van der Waals surface area contributed by atoms with Gasteiger partial charge in [0.15, 0.2) is 0 Å². The van der Waals surface area contributed by atoms with Crippen LogP contribution in [0.3, 0.4) is 0 Å². The average Bonchev–Trinajstić information content (AvgIpc) is 1.72. The largest absolute Gasteiger partial charge is 0.455 e. The van der Waals surface area contributed by atoms with Crippen LogP contribution in [0.25, 0.3) is 252 Å². The van der Waals surface area contributed by atoms with E-state index in [9.17, 15) is 0 Å². The highest BCUT2D eigenvalue weighted by molar-refractivity contribution is 6.32. The quantitative estimate of drug-likeness (QED) is 0.142. The number of para-hydroxylation sites is 3. The minimum Gasteiger partial charge on any atom is -0.455 e. The van der Waals surface area contributed by atoms with Gasteiger partial charge in [0, 0.05) is 48.7 Å². The van der Waals surface area contributed by atoms with Crippen LogP contribution in [0.2, 0.25) is 0 Å². The second-order valence-corrected chi connectivity index (χ2v) is 32.1. The van der Waals surface area contributed by atoms with Crippen LogP contribution in [0.15, 0.2) is 462 Å². The van der Waals surface area contributed by atoms with Crippen molar-refractivity contribution in [2.45, 2.75) is 0 Å². The minimum absolute atomic E-state index is 0.903. The normalized spacial score (nSPS) is 11.7. The molecule has 0 N–H and O–H groups in total. The zero-order valence-corrected chi connectivity index (χ0v) is 66.9. The second kappa shape index (κ2) is 29.4. The molecule has 0 aliphatic heterocycles. The molecule has 0 fully saturated rings. The van der Waals surface area contributed by atoms with E-state index >= 15 is 0 Å². The van der Waals surface area contributed by atoms with Crippen LogP contribution in [0.4, 0.5) is 0 Å². The Morgan fingerprint density at radius 2 is 0.390 bits per heavy atom. The van der Waals surface area contributed by atoms with Gasteiger partial charge in [-0.05, 0) is 200 Å². The lowest BCUT2D eigenvalue weighted by Crippen LogP contribution is -1.93. The Morgan fingerprint density at radius 1 is 0.122 bits per heavy atom. The first-order valence-corrected chi connectivity index (χ1v) is 42.3. The van der Waals surface area contributed by atoms with Gasteiger partial charge in [-0.3, -0.25) is 0 Å².